The molecule has 7 nitrogen and oxygen atoms in total. The van der Waals surface area contributed by atoms with Crippen molar-refractivity contribution in [3.8, 4) is 0 Å². The van der Waals surface area contributed by atoms with E-state index in [2.05, 4.69) is 10.6 Å². The van der Waals surface area contributed by atoms with E-state index in [0.717, 1.165) is 11.1 Å². The molecule has 0 atom stereocenters. The first-order valence-electron chi connectivity index (χ1n) is 7.86. The average molecular weight is 375 g/mol. The van der Waals surface area contributed by atoms with Gasteiger partial charge in [0.1, 0.15) is 0 Å². The molecule has 0 saturated carbocycles. The van der Waals surface area contributed by atoms with Crippen LogP contribution in [0, 0.1) is 20.8 Å². The van der Waals surface area contributed by atoms with Crippen molar-refractivity contribution < 1.29 is 18.0 Å². The predicted octanol–water partition coefficient (Wildman–Crippen LogP) is 1.63. The van der Waals surface area contributed by atoms with Gasteiger partial charge in [-0.15, -0.1) is 0 Å². The third-order valence-corrected chi connectivity index (χ3v) is 4.83. The molecule has 2 aromatic rings. The topological polar surface area (TPSA) is 118 Å². The minimum absolute atomic E-state index is 0.0836. The minimum atomic E-state index is -3.89. The first-order chi connectivity index (χ1) is 12.1. The fraction of sp³-hybridized carbons (Fsp3) is 0.222. The first-order valence-corrected chi connectivity index (χ1v) is 9.41. The van der Waals surface area contributed by atoms with Crippen molar-refractivity contribution in [2.75, 3.05) is 11.9 Å². The number of nitrogens with one attached hydrogen (secondary N) is 2. The highest BCUT2D eigenvalue weighted by atomic mass is 32.2. The Hall–Kier alpha value is -2.71. The van der Waals surface area contributed by atoms with Crippen LogP contribution in [0.3, 0.4) is 0 Å². The van der Waals surface area contributed by atoms with E-state index >= 15 is 0 Å². The number of carbonyl (C=O) groups is 2. The Bertz CT molecular complexity index is 968. The van der Waals surface area contributed by atoms with Crippen molar-refractivity contribution in [3.63, 3.8) is 0 Å². The Morgan fingerprint density at radius 2 is 1.77 bits per heavy atom. The van der Waals surface area contributed by atoms with Crippen molar-refractivity contribution in [1.82, 2.24) is 5.32 Å². The Labute approximate surface area is 152 Å². The van der Waals surface area contributed by atoms with Gasteiger partial charge in [-0.1, -0.05) is 17.7 Å². The number of amides is 2. The summed E-state index contributed by atoms with van der Waals surface area (Å²) in [6.07, 6.45) is 0. The summed E-state index contributed by atoms with van der Waals surface area (Å²) in [5.74, 6) is -0.838. The number of primary sulfonamides is 1. The van der Waals surface area contributed by atoms with E-state index in [1.165, 1.54) is 12.1 Å². The highest BCUT2D eigenvalue weighted by Gasteiger charge is 2.15. The van der Waals surface area contributed by atoms with Gasteiger partial charge in [-0.3, -0.25) is 9.59 Å². The lowest BCUT2D eigenvalue weighted by Gasteiger charge is -2.13. The van der Waals surface area contributed by atoms with Gasteiger partial charge < -0.3 is 10.6 Å². The molecule has 0 aromatic heterocycles. The maximum absolute atomic E-state index is 12.1. The van der Waals surface area contributed by atoms with Gasteiger partial charge in [0.05, 0.1) is 11.4 Å². The lowest BCUT2D eigenvalue weighted by Crippen LogP contribution is -2.33. The summed E-state index contributed by atoms with van der Waals surface area (Å²) >= 11 is 0. The summed E-state index contributed by atoms with van der Waals surface area (Å²) < 4.78 is 23.1. The number of carbonyl (C=O) groups excluding carboxylic acids is 2. The van der Waals surface area contributed by atoms with Crippen LogP contribution >= 0.6 is 0 Å². The van der Waals surface area contributed by atoms with Crippen LogP contribution in [0.5, 0.6) is 0 Å². The van der Waals surface area contributed by atoms with Gasteiger partial charge in [-0.2, -0.15) is 0 Å². The van der Waals surface area contributed by atoms with E-state index in [1.807, 2.05) is 13.0 Å². The quantitative estimate of drug-likeness (QED) is 0.736. The number of aryl methyl sites for hydroxylation is 2. The Balaban J connectivity index is 2.08. The van der Waals surface area contributed by atoms with E-state index in [0.29, 0.717) is 16.8 Å². The molecular weight excluding hydrogens is 354 g/mol. The minimum Gasteiger partial charge on any atom is -0.343 e. The highest BCUT2D eigenvalue weighted by molar-refractivity contribution is 7.89. The fourth-order valence-electron chi connectivity index (χ4n) is 2.36. The van der Waals surface area contributed by atoms with Gasteiger partial charge in [0.15, 0.2) is 0 Å². The molecule has 8 heteroatoms. The molecule has 0 aliphatic heterocycles. The van der Waals surface area contributed by atoms with Gasteiger partial charge >= 0.3 is 0 Å². The number of nitrogens with two attached hydrogens (primary N) is 1. The molecule has 0 fully saturated rings. The molecule has 26 heavy (non-hydrogen) atoms. The van der Waals surface area contributed by atoms with Gasteiger partial charge in [0.2, 0.25) is 15.9 Å². The predicted molar refractivity (Wildman–Crippen MR) is 99.4 cm³/mol. The summed E-state index contributed by atoms with van der Waals surface area (Å²) in [7, 11) is -3.89. The van der Waals surface area contributed by atoms with Crippen LogP contribution in [0.25, 0.3) is 0 Å². The smallest absolute Gasteiger partial charge is 0.251 e. The van der Waals surface area contributed by atoms with Gasteiger partial charge in [-0.25, -0.2) is 13.6 Å². The maximum atomic E-state index is 12.1. The third kappa shape index (κ3) is 4.90. The molecule has 0 saturated heterocycles. The van der Waals surface area contributed by atoms with Crippen LogP contribution in [0.1, 0.15) is 27.0 Å². The summed E-state index contributed by atoms with van der Waals surface area (Å²) in [6.45, 7) is 5.10. The molecule has 0 spiro atoms. The van der Waals surface area contributed by atoms with Gasteiger partial charge in [-0.05, 0) is 56.2 Å². The summed E-state index contributed by atoms with van der Waals surface area (Å²) in [5, 5.41) is 10.3. The second kappa shape index (κ2) is 7.67. The number of rotatable bonds is 5. The lowest BCUT2D eigenvalue weighted by atomic mass is 10.1. The molecule has 2 rings (SSSR count). The highest BCUT2D eigenvalue weighted by Crippen LogP contribution is 2.23. The van der Waals surface area contributed by atoms with Crippen LogP contribution in [0.2, 0.25) is 0 Å². The second-order valence-electron chi connectivity index (χ2n) is 6.06. The van der Waals surface area contributed by atoms with Crippen molar-refractivity contribution in [1.29, 1.82) is 0 Å². The van der Waals surface area contributed by atoms with Crippen molar-refractivity contribution in [2.24, 2.45) is 5.14 Å². The van der Waals surface area contributed by atoms with E-state index in [1.54, 1.807) is 32.0 Å². The van der Waals surface area contributed by atoms with Crippen LogP contribution in [-0.4, -0.2) is 26.8 Å². The number of anilines is 1. The monoisotopic (exact) mass is 375 g/mol. The molecule has 0 radical (unpaired) electrons. The van der Waals surface area contributed by atoms with E-state index in [9.17, 15) is 18.0 Å². The van der Waals surface area contributed by atoms with Crippen LogP contribution in [-0.2, 0) is 14.8 Å². The van der Waals surface area contributed by atoms with Crippen LogP contribution in [0.4, 0.5) is 5.69 Å². The zero-order chi connectivity index (χ0) is 19.5. The molecule has 138 valence electrons. The van der Waals surface area contributed by atoms with Crippen molar-refractivity contribution >= 4 is 27.5 Å². The lowest BCUT2D eigenvalue weighted by molar-refractivity contribution is -0.115. The number of hydrogen-bond donors (Lipinski definition) is 3. The molecule has 0 aliphatic rings. The first kappa shape index (κ1) is 19.6. The molecule has 0 heterocycles. The molecule has 0 unspecified atom stereocenters. The number of benzene rings is 2. The largest absolute Gasteiger partial charge is 0.343 e. The fourth-order valence-corrected chi connectivity index (χ4v) is 2.99. The third-order valence-electron chi connectivity index (χ3n) is 3.93. The summed E-state index contributed by atoms with van der Waals surface area (Å²) in [5.41, 5.74) is 3.13. The van der Waals surface area contributed by atoms with E-state index in [4.69, 9.17) is 5.14 Å². The molecule has 0 bridgehead atoms. The maximum Gasteiger partial charge on any atom is 0.251 e. The Kier molecular flexibility index (Phi) is 5.79. The molecule has 2 aromatic carbocycles. The number of hydrogen-bond acceptors (Lipinski definition) is 4. The normalized spacial score (nSPS) is 11.1. The standard InChI is InChI=1S/C18H21N3O4S/c1-11-5-4-6-14(7-11)18(23)20-10-17(22)21-16-9-15(26(19,24)25)8-12(2)13(16)3/h4-9H,10H2,1-3H3,(H,20,23)(H,21,22)(H2,19,24,25). The Morgan fingerprint density at radius 3 is 2.38 bits per heavy atom. The van der Waals surface area contributed by atoms with Crippen LogP contribution < -0.4 is 15.8 Å². The molecule has 2 amide bonds. The SMILES string of the molecule is Cc1cccc(C(=O)NCC(=O)Nc2cc(S(N)(=O)=O)cc(C)c2C)c1. The van der Waals surface area contributed by atoms with E-state index in [-0.39, 0.29) is 17.3 Å². The van der Waals surface area contributed by atoms with E-state index < -0.39 is 15.9 Å². The molecule has 4 N–H and O–H groups in total. The summed E-state index contributed by atoms with van der Waals surface area (Å²) in [6, 6.07) is 9.75. The number of sulfonamides is 1. The summed E-state index contributed by atoms with van der Waals surface area (Å²) in [4.78, 5) is 24.1. The van der Waals surface area contributed by atoms with Gasteiger partial charge in [0.25, 0.3) is 5.91 Å². The van der Waals surface area contributed by atoms with Crippen LogP contribution in [0.15, 0.2) is 41.3 Å². The average Bonchev–Trinajstić information content (AvgIpc) is 2.55. The second-order valence-corrected chi connectivity index (χ2v) is 7.62. The Morgan fingerprint density at radius 1 is 1.08 bits per heavy atom. The molecular formula is C18H21N3O4S. The molecule has 0 aliphatic carbocycles. The zero-order valence-corrected chi connectivity index (χ0v) is 15.6. The van der Waals surface area contributed by atoms with Crippen molar-refractivity contribution in [3.05, 3.63) is 58.7 Å². The van der Waals surface area contributed by atoms with Crippen molar-refractivity contribution in [2.45, 2.75) is 25.7 Å². The zero-order valence-electron chi connectivity index (χ0n) is 14.8. The van der Waals surface area contributed by atoms with Gasteiger partial charge in [0, 0.05) is 11.3 Å².